The van der Waals surface area contributed by atoms with Gasteiger partial charge in [0.15, 0.2) is 0 Å². The lowest BCUT2D eigenvalue weighted by Gasteiger charge is -2.05. The Morgan fingerprint density at radius 1 is 1.36 bits per heavy atom. The minimum atomic E-state index is -0.354. The maximum absolute atomic E-state index is 11.7. The maximum atomic E-state index is 11.7. The second-order valence-electron chi connectivity index (χ2n) is 4.30. The van der Waals surface area contributed by atoms with Crippen LogP contribution in [0.2, 0.25) is 0 Å². The van der Waals surface area contributed by atoms with E-state index in [0.29, 0.717) is 23.0 Å². The van der Waals surface area contributed by atoms with Crippen molar-refractivity contribution < 1.29 is 14.1 Å². The third-order valence-corrected chi connectivity index (χ3v) is 4.63. The fraction of sp³-hybridized carbons (Fsp3) is 0.133. The lowest BCUT2D eigenvalue weighted by molar-refractivity contribution is 0.0597. The van der Waals surface area contributed by atoms with Crippen LogP contribution in [0.3, 0.4) is 0 Å². The molecule has 7 heteroatoms. The zero-order valence-electron chi connectivity index (χ0n) is 11.7. The quantitative estimate of drug-likeness (QED) is 0.522. The first kappa shape index (κ1) is 14.8. The van der Waals surface area contributed by atoms with Gasteiger partial charge in [-0.3, -0.25) is 0 Å². The van der Waals surface area contributed by atoms with Crippen LogP contribution in [0, 0.1) is 0 Å². The molecule has 2 heterocycles. The van der Waals surface area contributed by atoms with Gasteiger partial charge in [0.1, 0.15) is 0 Å². The standard InChI is InChI=1S/C15H12N2O3S2/c1-19-15(18)11-4-2-3-5-12(11)22-9-13-16-14(17-20-13)10-6-7-21-8-10/h2-8H,9H2,1H3. The van der Waals surface area contributed by atoms with Crippen molar-refractivity contribution in [2.75, 3.05) is 7.11 Å². The molecule has 0 amide bonds. The van der Waals surface area contributed by atoms with E-state index in [4.69, 9.17) is 9.26 Å². The van der Waals surface area contributed by atoms with Gasteiger partial charge in [-0.15, -0.1) is 11.8 Å². The number of nitrogens with zero attached hydrogens (tertiary/aromatic N) is 2. The van der Waals surface area contributed by atoms with Crippen molar-refractivity contribution in [1.29, 1.82) is 0 Å². The van der Waals surface area contributed by atoms with Gasteiger partial charge in [-0.1, -0.05) is 17.3 Å². The molecule has 0 aliphatic rings. The summed E-state index contributed by atoms with van der Waals surface area (Å²) in [6, 6.07) is 9.22. The van der Waals surface area contributed by atoms with Gasteiger partial charge in [-0.25, -0.2) is 4.79 Å². The van der Waals surface area contributed by atoms with E-state index in [1.807, 2.05) is 29.0 Å². The Labute approximate surface area is 135 Å². The molecule has 5 nitrogen and oxygen atoms in total. The van der Waals surface area contributed by atoms with Gasteiger partial charge < -0.3 is 9.26 Å². The molecular formula is C15H12N2O3S2. The van der Waals surface area contributed by atoms with Crippen LogP contribution in [0.15, 0.2) is 50.5 Å². The number of methoxy groups -OCH3 is 1. The topological polar surface area (TPSA) is 65.2 Å². The van der Waals surface area contributed by atoms with Crippen LogP contribution in [0.25, 0.3) is 11.4 Å². The number of thioether (sulfide) groups is 1. The summed E-state index contributed by atoms with van der Waals surface area (Å²) in [5.74, 6) is 1.24. The summed E-state index contributed by atoms with van der Waals surface area (Å²) in [7, 11) is 1.37. The van der Waals surface area contributed by atoms with E-state index in [9.17, 15) is 4.79 Å². The maximum Gasteiger partial charge on any atom is 0.338 e. The molecule has 0 saturated heterocycles. The summed E-state index contributed by atoms with van der Waals surface area (Å²) in [5, 5.41) is 7.89. The molecule has 0 atom stereocenters. The molecule has 22 heavy (non-hydrogen) atoms. The molecule has 0 fully saturated rings. The minimum Gasteiger partial charge on any atom is -0.465 e. The van der Waals surface area contributed by atoms with Crippen LogP contribution in [-0.4, -0.2) is 23.2 Å². The second kappa shape index (κ2) is 6.76. The number of hydrogen-bond donors (Lipinski definition) is 0. The molecule has 1 aromatic carbocycles. The van der Waals surface area contributed by atoms with Crippen molar-refractivity contribution >= 4 is 29.1 Å². The molecule has 0 bridgehead atoms. The second-order valence-corrected chi connectivity index (χ2v) is 6.10. The largest absolute Gasteiger partial charge is 0.465 e. The first-order chi connectivity index (χ1) is 10.8. The first-order valence-electron chi connectivity index (χ1n) is 6.43. The Morgan fingerprint density at radius 3 is 3.00 bits per heavy atom. The van der Waals surface area contributed by atoms with Gasteiger partial charge in [0, 0.05) is 15.8 Å². The highest BCUT2D eigenvalue weighted by molar-refractivity contribution is 7.98. The van der Waals surface area contributed by atoms with Crippen molar-refractivity contribution in [1.82, 2.24) is 10.1 Å². The average molecular weight is 332 g/mol. The molecule has 3 rings (SSSR count). The van der Waals surface area contributed by atoms with Crippen molar-refractivity contribution in [3.63, 3.8) is 0 Å². The number of esters is 1. The van der Waals surface area contributed by atoms with Gasteiger partial charge in [-0.05, 0) is 23.6 Å². The normalized spacial score (nSPS) is 10.6. The molecule has 3 aromatic rings. The third-order valence-electron chi connectivity index (χ3n) is 2.89. The molecule has 0 N–H and O–H groups in total. The number of benzene rings is 1. The smallest absolute Gasteiger partial charge is 0.338 e. The van der Waals surface area contributed by atoms with Crippen molar-refractivity contribution in [2.45, 2.75) is 10.6 Å². The summed E-state index contributed by atoms with van der Waals surface area (Å²) < 4.78 is 10.0. The fourth-order valence-corrected chi connectivity index (χ4v) is 3.35. The van der Waals surface area contributed by atoms with Crippen LogP contribution in [-0.2, 0) is 10.5 Å². The Balaban J connectivity index is 1.72. The molecule has 0 saturated carbocycles. The molecule has 112 valence electrons. The summed E-state index contributed by atoms with van der Waals surface area (Å²) in [6.45, 7) is 0. The van der Waals surface area contributed by atoms with Crippen molar-refractivity contribution in [3.05, 3.63) is 52.5 Å². The van der Waals surface area contributed by atoms with E-state index < -0.39 is 0 Å². The molecule has 0 radical (unpaired) electrons. The van der Waals surface area contributed by atoms with E-state index in [0.717, 1.165) is 10.5 Å². The Kier molecular flexibility index (Phi) is 4.55. The SMILES string of the molecule is COC(=O)c1ccccc1SCc1nc(-c2ccsc2)no1. The number of carbonyl (C=O) groups excluding carboxylic acids is 1. The summed E-state index contributed by atoms with van der Waals surface area (Å²) in [6.07, 6.45) is 0. The van der Waals surface area contributed by atoms with E-state index in [1.54, 1.807) is 23.5 Å². The summed E-state index contributed by atoms with van der Waals surface area (Å²) in [5.41, 5.74) is 1.48. The van der Waals surface area contributed by atoms with Crippen molar-refractivity contribution in [3.8, 4) is 11.4 Å². The van der Waals surface area contributed by atoms with Crippen molar-refractivity contribution in [2.24, 2.45) is 0 Å². The first-order valence-corrected chi connectivity index (χ1v) is 8.36. The Hall–Kier alpha value is -2.12. The van der Waals surface area contributed by atoms with E-state index in [1.165, 1.54) is 18.9 Å². The minimum absolute atomic E-state index is 0.354. The van der Waals surface area contributed by atoms with Crippen LogP contribution in [0.5, 0.6) is 0 Å². The van der Waals surface area contributed by atoms with E-state index >= 15 is 0 Å². The number of hydrogen-bond acceptors (Lipinski definition) is 7. The molecule has 0 unspecified atom stereocenters. The highest BCUT2D eigenvalue weighted by Gasteiger charge is 2.14. The molecule has 0 aliphatic carbocycles. The molecule has 0 spiro atoms. The lowest BCUT2D eigenvalue weighted by atomic mass is 10.2. The molecular weight excluding hydrogens is 320 g/mol. The van der Waals surface area contributed by atoms with Gasteiger partial charge in [-0.2, -0.15) is 16.3 Å². The number of carbonyl (C=O) groups is 1. The fourth-order valence-electron chi connectivity index (χ4n) is 1.83. The number of rotatable bonds is 5. The molecule has 2 aromatic heterocycles. The highest BCUT2D eigenvalue weighted by atomic mass is 32.2. The predicted molar refractivity (Wildman–Crippen MR) is 85.0 cm³/mol. The third kappa shape index (κ3) is 3.20. The van der Waals surface area contributed by atoms with E-state index in [2.05, 4.69) is 10.1 Å². The van der Waals surface area contributed by atoms with Gasteiger partial charge in [0.05, 0.1) is 18.4 Å². The van der Waals surface area contributed by atoms with Gasteiger partial charge in [0.25, 0.3) is 0 Å². The van der Waals surface area contributed by atoms with Crippen LogP contribution < -0.4 is 0 Å². The van der Waals surface area contributed by atoms with E-state index in [-0.39, 0.29) is 5.97 Å². The van der Waals surface area contributed by atoms with Gasteiger partial charge in [0.2, 0.25) is 11.7 Å². The molecule has 0 aliphatic heterocycles. The Morgan fingerprint density at radius 2 is 2.23 bits per heavy atom. The number of aromatic nitrogens is 2. The summed E-state index contributed by atoms with van der Waals surface area (Å²) in [4.78, 5) is 16.9. The monoisotopic (exact) mass is 332 g/mol. The van der Waals surface area contributed by atoms with Crippen LogP contribution in [0.4, 0.5) is 0 Å². The predicted octanol–water partition coefficient (Wildman–Crippen LogP) is 3.88. The highest BCUT2D eigenvalue weighted by Crippen LogP contribution is 2.27. The lowest BCUT2D eigenvalue weighted by Crippen LogP contribution is -2.02. The zero-order chi connectivity index (χ0) is 15.4. The summed E-state index contributed by atoms with van der Waals surface area (Å²) >= 11 is 3.04. The van der Waals surface area contributed by atoms with Gasteiger partial charge >= 0.3 is 5.97 Å². The van der Waals surface area contributed by atoms with Crippen LogP contribution in [0.1, 0.15) is 16.2 Å². The van der Waals surface area contributed by atoms with Crippen LogP contribution >= 0.6 is 23.1 Å². The average Bonchev–Trinajstić information content (AvgIpc) is 3.23. The zero-order valence-corrected chi connectivity index (χ0v) is 13.3. The Bertz CT molecular complexity index is 769. The number of ether oxygens (including phenoxy) is 1. The number of thiophene rings is 1.